The third-order valence-corrected chi connectivity index (χ3v) is 4.52. The molecule has 1 heterocycles. The number of nitrogens with zero attached hydrogens (tertiary/aromatic N) is 1. The molecule has 126 valence electrons. The minimum absolute atomic E-state index is 0.00996. The van der Waals surface area contributed by atoms with Crippen LogP contribution >= 0.6 is 11.8 Å². The Kier molecular flexibility index (Phi) is 5.57. The van der Waals surface area contributed by atoms with Crippen LogP contribution in [0, 0.1) is 0 Å². The van der Waals surface area contributed by atoms with E-state index in [9.17, 15) is 9.59 Å². The number of ether oxygens (including phenoxy) is 1. The zero-order valence-electron chi connectivity index (χ0n) is 13.7. The van der Waals surface area contributed by atoms with Crippen LogP contribution in [0.2, 0.25) is 0 Å². The summed E-state index contributed by atoms with van der Waals surface area (Å²) in [7, 11) is 0. The molecule has 1 aliphatic heterocycles. The van der Waals surface area contributed by atoms with Gasteiger partial charge in [0, 0.05) is 23.6 Å². The normalized spacial score (nSPS) is 18.6. The second-order valence-corrected chi connectivity index (χ2v) is 7.71. The molecular formula is C17H23NO4S. The van der Waals surface area contributed by atoms with Gasteiger partial charge in [-0.3, -0.25) is 9.59 Å². The largest absolute Gasteiger partial charge is 0.488 e. The summed E-state index contributed by atoms with van der Waals surface area (Å²) in [6.45, 7) is 6.48. The summed E-state index contributed by atoms with van der Waals surface area (Å²) >= 11 is 1.69. The number of benzene rings is 1. The molecule has 1 unspecified atom stereocenters. The van der Waals surface area contributed by atoms with Crippen LogP contribution in [-0.4, -0.2) is 51.6 Å². The number of carbonyl (C=O) groups excluding carboxylic acids is 1. The standard InChI is InChI=1S/C17H23NO4S/c1-17(2,3)22-14-6-4-12(5-7-14)16(21)18-8-9-23-11-13(18)10-15(19)20/h4-7,13H,8-11H2,1-3H3,(H,19,20). The number of carbonyl (C=O) groups is 2. The van der Waals surface area contributed by atoms with Crippen LogP contribution in [-0.2, 0) is 4.79 Å². The average molecular weight is 337 g/mol. The van der Waals surface area contributed by atoms with Gasteiger partial charge in [-0.05, 0) is 45.0 Å². The average Bonchev–Trinajstić information content (AvgIpc) is 2.45. The molecule has 0 bridgehead atoms. The molecule has 1 atom stereocenters. The molecule has 0 spiro atoms. The van der Waals surface area contributed by atoms with Gasteiger partial charge >= 0.3 is 5.97 Å². The minimum Gasteiger partial charge on any atom is -0.488 e. The van der Waals surface area contributed by atoms with E-state index in [2.05, 4.69) is 0 Å². The van der Waals surface area contributed by atoms with E-state index in [1.54, 1.807) is 40.9 Å². The molecule has 5 nitrogen and oxygen atoms in total. The molecule has 0 aliphatic carbocycles. The van der Waals surface area contributed by atoms with Gasteiger partial charge in [0.15, 0.2) is 0 Å². The molecule has 1 aromatic rings. The van der Waals surface area contributed by atoms with E-state index in [-0.39, 0.29) is 24.0 Å². The lowest BCUT2D eigenvalue weighted by molar-refractivity contribution is -0.138. The Hall–Kier alpha value is -1.69. The second-order valence-electron chi connectivity index (χ2n) is 6.56. The molecule has 0 aromatic heterocycles. The van der Waals surface area contributed by atoms with E-state index in [0.29, 0.717) is 23.6 Å². The van der Waals surface area contributed by atoms with E-state index in [0.717, 1.165) is 5.75 Å². The number of aliphatic carboxylic acids is 1. The zero-order valence-corrected chi connectivity index (χ0v) is 14.6. The van der Waals surface area contributed by atoms with Crippen molar-refractivity contribution in [2.24, 2.45) is 0 Å². The topological polar surface area (TPSA) is 66.8 Å². The van der Waals surface area contributed by atoms with Crippen LogP contribution < -0.4 is 4.74 Å². The highest BCUT2D eigenvalue weighted by Crippen LogP contribution is 2.23. The van der Waals surface area contributed by atoms with Crippen LogP contribution in [0.4, 0.5) is 0 Å². The van der Waals surface area contributed by atoms with Crippen molar-refractivity contribution >= 4 is 23.6 Å². The van der Waals surface area contributed by atoms with Crippen molar-refractivity contribution in [3.05, 3.63) is 29.8 Å². The Balaban J connectivity index is 2.10. The zero-order chi connectivity index (χ0) is 17.0. The number of carboxylic acids is 1. The molecule has 1 amide bonds. The predicted octanol–water partition coefficient (Wildman–Crippen LogP) is 2.90. The summed E-state index contributed by atoms with van der Waals surface area (Å²) in [6, 6.07) is 6.79. The first-order chi connectivity index (χ1) is 10.8. The number of rotatable bonds is 4. The van der Waals surface area contributed by atoms with Crippen molar-refractivity contribution in [1.82, 2.24) is 4.90 Å². The summed E-state index contributed by atoms with van der Waals surface area (Å²) in [4.78, 5) is 25.3. The molecule has 2 rings (SSSR count). The number of amides is 1. The Labute approximate surface area is 141 Å². The first-order valence-electron chi connectivity index (χ1n) is 7.66. The number of carboxylic acid groups (broad SMARTS) is 1. The SMILES string of the molecule is CC(C)(C)Oc1ccc(C(=O)N2CCSCC2CC(=O)O)cc1. The maximum Gasteiger partial charge on any atom is 0.305 e. The quantitative estimate of drug-likeness (QED) is 0.915. The van der Waals surface area contributed by atoms with Crippen LogP contribution in [0.1, 0.15) is 37.6 Å². The van der Waals surface area contributed by atoms with Gasteiger partial charge in [0.2, 0.25) is 0 Å². The third kappa shape index (κ3) is 5.16. The number of hydrogen-bond acceptors (Lipinski definition) is 4. The molecule has 6 heteroatoms. The van der Waals surface area contributed by atoms with E-state index < -0.39 is 5.97 Å². The van der Waals surface area contributed by atoms with Crippen molar-refractivity contribution < 1.29 is 19.4 Å². The fourth-order valence-electron chi connectivity index (χ4n) is 2.48. The van der Waals surface area contributed by atoms with Gasteiger partial charge in [-0.15, -0.1) is 0 Å². The molecule has 1 aromatic carbocycles. The number of hydrogen-bond donors (Lipinski definition) is 1. The molecule has 23 heavy (non-hydrogen) atoms. The highest BCUT2D eigenvalue weighted by Gasteiger charge is 2.29. The second kappa shape index (κ2) is 7.25. The van der Waals surface area contributed by atoms with Crippen molar-refractivity contribution in [1.29, 1.82) is 0 Å². The highest BCUT2D eigenvalue weighted by atomic mass is 32.2. The van der Waals surface area contributed by atoms with E-state index in [1.165, 1.54) is 0 Å². The summed E-state index contributed by atoms with van der Waals surface area (Å²) in [5.41, 5.74) is 0.274. The van der Waals surface area contributed by atoms with Gasteiger partial charge in [0.1, 0.15) is 11.4 Å². The van der Waals surface area contributed by atoms with Gasteiger partial charge in [-0.2, -0.15) is 11.8 Å². The van der Waals surface area contributed by atoms with Gasteiger partial charge in [0.05, 0.1) is 12.5 Å². The van der Waals surface area contributed by atoms with Crippen molar-refractivity contribution in [2.45, 2.75) is 38.8 Å². The third-order valence-electron chi connectivity index (χ3n) is 3.42. The van der Waals surface area contributed by atoms with Crippen molar-refractivity contribution in [3.8, 4) is 5.75 Å². The Morgan fingerprint density at radius 3 is 2.52 bits per heavy atom. The molecule has 0 saturated carbocycles. The van der Waals surface area contributed by atoms with Crippen LogP contribution in [0.3, 0.4) is 0 Å². The van der Waals surface area contributed by atoms with Crippen molar-refractivity contribution in [3.63, 3.8) is 0 Å². The van der Waals surface area contributed by atoms with Crippen LogP contribution in [0.25, 0.3) is 0 Å². The maximum atomic E-state index is 12.7. The van der Waals surface area contributed by atoms with E-state index in [1.807, 2.05) is 20.8 Å². The van der Waals surface area contributed by atoms with Gasteiger partial charge < -0.3 is 14.7 Å². The summed E-state index contributed by atoms with van der Waals surface area (Å²) in [5, 5.41) is 9.02. The van der Waals surface area contributed by atoms with Crippen LogP contribution in [0.15, 0.2) is 24.3 Å². The Morgan fingerprint density at radius 1 is 1.30 bits per heavy atom. The first kappa shape index (κ1) is 17.7. The van der Waals surface area contributed by atoms with Crippen molar-refractivity contribution in [2.75, 3.05) is 18.1 Å². The summed E-state index contributed by atoms with van der Waals surface area (Å²) in [6.07, 6.45) is -0.00996. The molecular weight excluding hydrogens is 314 g/mol. The monoisotopic (exact) mass is 337 g/mol. The smallest absolute Gasteiger partial charge is 0.305 e. The predicted molar refractivity (Wildman–Crippen MR) is 91.2 cm³/mol. The van der Waals surface area contributed by atoms with Gasteiger partial charge in [-0.25, -0.2) is 0 Å². The maximum absolute atomic E-state index is 12.7. The lowest BCUT2D eigenvalue weighted by Gasteiger charge is -2.34. The molecule has 1 fully saturated rings. The fourth-order valence-corrected chi connectivity index (χ4v) is 3.54. The fraction of sp³-hybridized carbons (Fsp3) is 0.529. The van der Waals surface area contributed by atoms with E-state index >= 15 is 0 Å². The molecule has 1 aliphatic rings. The molecule has 1 N–H and O–H groups in total. The lowest BCUT2D eigenvalue weighted by Crippen LogP contribution is -2.47. The van der Waals surface area contributed by atoms with Crippen LogP contribution in [0.5, 0.6) is 5.75 Å². The molecule has 0 radical (unpaired) electrons. The first-order valence-corrected chi connectivity index (χ1v) is 8.81. The molecule has 1 saturated heterocycles. The lowest BCUT2D eigenvalue weighted by atomic mass is 10.1. The Morgan fingerprint density at radius 2 is 1.96 bits per heavy atom. The number of thioether (sulfide) groups is 1. The van der Waals surface area contributed by atoms with Gasteiger partial charge in [0.25, 0.3) is 5.91 Å². The minimum atomic E-state index is -0.871. The Bertz CT molecular complexity index is 565. The van der Waals surface area contributed by atoms with Gasteiger partial charge in [-0.1, -0.05) is 0 Å². The highest BCUT2D eigenvalue weighted by molar-refractivity contribution is 7.99. The van der Waals surface area contributed by atoms with E-state index in [4.69, 9.17) is 9.84 Å². The summed E-state index contributed by atoms with van der Waals surface area (Å²) in [5.74, 6) is 1.24. The summed E-state index contributed by atoms with van der Waals surface area (Å²) < 4.78 is 5.75.